The van der Waals surface area contributed by atoms with Gasteiger partial charge < -0.3 is 20.1 Å². The fourth-order valence-electron chi connectivity index (χ4n) is 2.49. The topological polar surface area (TPSA) is 102 Å². The molecule has 0 saturated carbocycles. The summed E-state index contributed by atoms with van der Waals surface area (Å²) < 4.78 is 10.6. The van der Waals surface area contributed by atoms with E-state index >= 15 is 0 Å². The summed E-state index contributed by atoms with van der Waals surface area (Å²) in [5, 5.41) is 13.7. The van der Waals surface area contributed by atoms with Gasteiger partial charge in [0, 0.05) is 11.3 Å². The highest BCUT2D eigenvalue weighted by atomic mass is 16.5. The van der Waals surface area contributed by atoms with Gasteiger partial charge in [0.25, 0.3) is 5.91 Å². The summed E-state index contributed by atoms with van der Waals surface area (Å²) in [7, 11) is 1.53. The lowest BCUT2D eigenvalue weighted by atomic mass is 10.1. The Labute approximate surface area is 167 Å². The number of benzene rings is 2. The monoisotopic (exact) mass is 392 g/mol. The predicted molar refractivity (Wildman–Crippen MR) is 109 cm³/mol. The number of nitrogens with one attached hydrogen (secondary N) is 2. The van der Waals surface area contributed by atoms with Crippen molar-refractivity contribution in [2.75, 3.05) is 24.4 Å². The summed E-state index contributed by atoms with van der Waals surface area (Å²) in [5.41, 5.74) is 1.32. The van der Waals surface area contributed by atoms with Crippen LogP contribution >= 0.6 is 0 Å². The number of carbonyl (C=O) groups is 2. The summed E-state index contributed by atoms with van der Waals surface area (Å²) >= 11 is 0. The average molecular weight is 392 g/mol. The van der Waals surface area contributed by atoms with Gasteiger partial charge in [-0.2, -0.15) is 0 Å². The molecule has 29 heavy (non-hydrogen) atoms. The average Bonchev–Trinajstić information content (AvgIpc) is 2.74. The van der Waals surface area contributed by atoms with Gasteiger partial charge in [0.2, 0.25) is 0 Å². The number of ether oxygens (including phenoxy) is 2. The van der Waals surface area contributed by atoms with E-state index in [1.165, 1.54) is 14.0 Å². The molecule has 1 aromatic heterocycles. The van der Waals surface area contributed by atoms with Crippen molar-refractivity contribution >= 4 is 29.0 Å². The summed E-state index contributed by atoms with van der Waals surface area (Å²) in [6, 6.07) is 17.4. The van der Waals surface area contributed by atoms with Crippen LogP contribution in [0.1, 0.15) is 17.3 Å². The molecule has 2 aromatic carbocycles. The lowest BCUT2D eigenvalue weighted by molar-refractivity contribution is -0.118. The van der Waals surface area contributed by atoms with Gasteiger partial charge in [-0.05, 0) is 43.3 Å². The Bertz CT molecular complexity index is 1010. The SMILES string of the molecule is COc1ccccc1OCC(=O)Nc1ccc(Nc2cccc(C(C)=O)c2)nn1. The number of anilines is 3. The van der Waals surface area contributed by atoms with E-state index in [1.807, 2.05) is 12.1 Å². The normalized spacial score (nSPS) is 10.1. The molecule has 0 aliphatic carbocycles. The largest absolute Gasteiger partial charge is 0.493 e. The number of aromatic nitrogens is 2. The quantitative estimate of drug-likeness (QED) is 0.566. The minimum atomic E-state index is -0.375. The maximum Gasteiger partial charge on any atom is 0.263 e. The van der Waals surface area contributed by atoms with E-state index in [4.69, 9.17) is 9.47 Å². The molecule has 2 N–H and O–H groups in total. The Morgan fingerprint density at radius 1 is 0.931 bits per heavy atom. The van der Waals surface area contributed by atoms with Gasteiger partial charge in [-0.15, -0.1) is 10.2 Å². The van der Waals surface area contributed by atoms with E-state index in [1.54, 1.807) is 48.5 Å². The van der Waals surface area contributed by atoms with Gasteiger partial charge >= 0.3 is 0 Å². The van der Waals surface area contributed by atoms with Gasteiger partial charge in [0.05, 0.1) is 7.11 Å². The maximum atomic E-state index is 12.1. The second-order valence-corrected chi connectivity index (χ2v) is 6.05. The third-order valence-electron chi connectivity index (χ3n) is 3.90. The van der Waals surface area contributed by atoms with Crippen molar-refractivity contribution in [2.24, 2.45) is 0 Å². The van der Waals surface area contributed by atoms with Gasteiger partial charge in [0.15, 0.2) is 35.5 Å². The van der Waals surface area contributed by atoms with Crippen molar-refractivity contribution in [1.29, 1.82) is 0 Å². The van der Waals surface area contributed by atoms with Gasteiger partial charge in [0.1, 0.15) is 0 Å². The van der Waals surface area contributed by atoms with Crippen LogP contribution in [0.5, 0.6) is 11.5 Å². The number of hydrogen-bond donors (Lipinski definition) is 2. The molecule has 0 radical (unpaired) electrons. The molecule has 0 spiro atoms. The molecule has 3 rings (SSSR count). The molecule has 0 saturated heterocycles. The molecular formula is C21H20N4O4. The highest BCUT2D eigenvalue weighted by molar-refractivity contribution is 5.95. The fraction of sp³-hybridized carbons (Fsp3) is 0.143. The minimum Gasteiger partial charge on any atom is -0.493 e. The third-order valence-corrected chi connectivity index (χ3v) is 3.90. The number of rotatable bonds is 8. The Hall–Kier alpha value is -3.94. The molecule has 148 valence electrons. The minimum absolute atomic E-state index is 0.0202. The number of ketones is 1. The summed E-state index contributed by atoms with van der Waals surface area (Å²) in [4.78, 5) is 23.5. The van der Waals surface area contributed by atoms with Crippen molar-refractivity contribution in [3.63, 3.8) is 0 Å². The van der Waals surface area contributed by atoms with Crippen molar-refractivity contribution in [3.05, 3.63) is 66.2 Å². The summed E-state index contributed by atoms with van der Waals surface area (Å²) in [6.07, 6.45) is 0. The first-order chi connectivity index (χ1) is 14.0. The molecule has 0 atom stereocenters. The van der Waals surface area contributed by atoms with Crippen molar-refractivity contribution in [1.82, 2.24) is 10.2 Å². The molecule has 1 amide bonds. The number of hydrogen-bond acceptors (Lipinski definition) is 7. The summed E-state index contributed by atoms with van der Waals surface area (Å²) in [5.74, 6) is 1.40. The van der Waals surface area contributed by atoms with Crippen molar-refractivity contribution in [2.45, 2.75) is 6.92 Å². The molecule has 1 heterocycles. The van der Waals surface area contributed by atoms with E-state index in [0.29, 0.717) is 34.4 Å². The molecular weight excluding hydrogens is 372 g/mol. The van der Waals surface area contributed by atoms with Crippen LogP contribution in [0.2, 0.25) is 0 Å². The molecule has 8 nitrogen and oxygen atoms in total. The number of para-hydroxylation sites is 2. The van der Waals surface area contributed by atoms with E-state index in [0.717, 1.165) is 0 Å². The van der Waals surface area contributed by atoms with E-state index in [9.17, 15) is 9.59 Å². The first kappa shape index (κ1) is 19.8. The van der Waals surface area contributed by atoms with Crippen LogP contribution in [0.4, 0.5) is 17.3 Å². The number of carbonyl (C=O) groups excluding carboxylic acids is 2. The highest BCUT2D eigenvalue weighted by Crippen LogP contribution is 2.25. The molecule has 3 aromatic rings. The Morgan fingerprint density at radius 2 is 1.66 bits per heavy atom. The zero-order chi connectivity index (χ0) is 20.6. The van der Waals surface area contributed by atoms with E-state index in [-0.39, 0.29) is 18.3 Å². The van der Waals surface area contributed by atoms with Gasteiger partial charge in [-0.1, -0.05) is 24.3 Å². The lowest BCUT2D eigenvalue weighted by Gasteiger charge is -2.10. The molecule has 0 aliphatic heterocycles. The Morgan fingerprint density at radius 3 is 2.34 bits per heavy atom. The predicted octanol–water partition coefficient (Wildman–Crippen LogP) is 3.45. The third kappa shape index (κ3) is 5.52. The number of nitrogens with zero attached hydrogens (tertiary/aromatic N) is 2. The van der Waals surface area contributed by atoms with E-state index in [2.05, 4.69) is 20.8 Å². The molecule has 0 fully saturated rings. The smallest absolute Gasteiger partial charge is 0.263 e. The first-order valence-corrected chi connectivity index (χ1v) is 8.82. The summed E-state index contributed by atoms with van der Waals surface area (Å²) in [6.45, 7) is 1.31. The first-order valence-electron chi connectivity index (χ1n) is 8.82. The number of amides is 1. The number of Topliss-reactive ketones (excluding diaryl/α,β-unsaturated/α-hetero) is 1. The van der Waals surface area contributed by atoms with Crippen molar-refractivity contribution < 1.29 is 19.1 Å². The highest BCUT2D eigenvalue weighted by Gasteiger charge is 2.09. The van der Waals surface area contributed by atoms with Crippen LogP contribution in [0, 0.1) is 0 Å². The lowest BCUT2D eigenvalue weighted by Crippen LogP contribution is -2.21. The van der Waals surface area contributed by atoms with Crippen LogP contribution in [0.15, 0.2) is 60.7 Å². The van der Waals surface area contributed by atoms with Crippen LogP contribution in [0.25, 0.3) is 0 Å². The van der Waals surface area contributed by atoms with Crippen LogP contribution in [-0.2, 0) is 4.79 Å². The van der Waals surface area contributed by atoms with E-state index < -0.39 is 0 Å². The van der Waals surface area contributed by atoms with Gasteiger partial charge in [-0.25, -0.2) is 0 Å². The van der Waals surface area contributed by atoms with Crippen LogP contribution in [0.3, 0.4) is 0 Å². The molecule has 0 aliphatic rings. The van der Waals surface area contributed by atoms with Gasteiger partial charge in [-0.3, -0.25) is 9.59 Å². The zero-order valence-electron chi connectivity index (χ0n) is 16.0. The molecule has 0 unspecified atom stereocenters. The maximum absolute atomic E-state index is 12.1. The second kappa shape index (κ2) is 9.32. The van der Waals surface area contributed by atoms with Crippen LogP contribution < -0.4 is 20.1 Å². The number of methoxy groups -OCH3 is 1. The second-order valence-electron chi connectivity index (χ2n) is 6.05. The Kier molecular flexibility index (Phi) is 6.36. The zero-order valence-corrected chi connectivity index (χ0v) is 16.0. The Balaban J connectivity index is 1.55. The standard InChI is InChI=1S/C21H20N4O4/c1-14(26)15-6-5-7-16(12-15)22-19-10-11-20(25-24-19)23-21(27)13-29-18-9-4-3-8-17(18)28-2/h3-12H,13H2,1-2H3,(H,22,24)(H,23,25,27). The fourth-order valence-corrected chi connectivity index (χ4v) is 2.49. The molecule has 8 heteroatoms. The van der Waals surface area contributed by atoms with Crippen molar-refractivity contribution in [3.8, 4) is 11.5 Å². The molecule has 0 bridgehead atoms. The van der Waals surface area contributed by atoms with Crippen LogP contribution in [-0.4, -0.2) is 35.6 Å².